The van der Waals surface area contributed by atoms with Crippen molar-refractivity contribution in [2.24, 2.45) is 0 Å². The maximum atomic E-state index is 12.5. The van der Waals surface area contributed by atoms with Crippen molar-refractivity contribution in [3.05, 3.63) is 106 Å². The molecule has 53 heavy (non-hydrogen) atoms. The zero-order valence-corrected chi connectivity index (χ0v) is 32.9. The molecule has 0 saturated carbocycles. The van der Waals surface area contributed by atoms with Crippen LogP contribution in [0.5, 0.6) is 0 Å². The van der Waals surface area contributed by atoms with E-state index in [1.807, 2.05) is 54.6 Å². The Hall–Kier alpha value is -3.67. The average molecular weight is 803 g/mol. The van der Waals surface area contributed by atoms with Gasteiger partial charge in [-0.05, 0) is 80.2 Å². The molecule has 16 heteroatoms. The smallest absolute Gasteiger partial charge is 0.409 e. The number of allylic oxidation sites excluding steroid dienone is 6. The summed E-state index contributed by atoms with van der Waals surface area (Å²) in [6.45, 7) is 9.62. The van der Waals surface area contributed by atoms with Gasteiger partial charge in [0.05, 0.1) is 28.8 Å². The largest absolute Gasteiger partial charge is 0.450 e. The SMILES string of the molecule is C=C(C=CC1=C(N2CCN(C(=O)OCC)CC2)C(=CC=C2Sc3ccccc3N2CCCS(=O)(=O)O)CC1)Sc1ccccc1NCCCS(=O)(=O)O. The van der Waals surface area contributed by atoms with Crippen LogP contribution in [0.3, 0.4) is 0 Å². The Morgan fingerprint density at radius 1 is 0.962 bits per heavy atom. The molecule has 0 bridgehead atoms. The van der Waals surface area contributed by atoms with Gasteiger partial charge >= 0.3 is 6.09 Å². The standard InChI is InChI=1S/C37H46N4O8S4/c1-3-49-37(42)40-24-22-39(23-25-40)36-29(15-14-28(2)50-33-12-6-4-10-31(33)38-20-8-26-52(43,44)45)16-17-30(36)18-19-35-41(21-9-27-53(46,47)48)32-11-5-7-13-34(32)51-35/h4-7,10-15,18-19,38H,2-3,8-9,16-17,20-27H2,1H3,(H,43,44,45)(H,46,47,48). The highest BCUT2D eigenvalue weighted by Gasteiger charge is 2.29. The monoisotopic (exact) mass is 802 g/mol. The molecule has 1 fully saturated rings. The molecule has 286 valence electrons. The first-order valence-electron chi connectivity index (χ1n) is 17.4. The molecule has 1 aliphatic carbocycles. The maximum absolute atomic E-state index is 12.5. The molecule has 5 rings (SSSR count). The second kappa shape index (κ2) is 18.6. The summed E-state index contributed by atoms with van der Waals surface area (Å²) < 4.78 is 68.7. The number of carbonyl (C=O) groups is 1. The van der Waals surface area contributed by atoms with Crippen molar-refractivity contribution >= 4 is 61.2 Å². The highest BCUT2D eigenvalue weighted by molar-refractivity contribution is 8.03. The number of piperazine rings is 1. The minimum Gasteiger partial charge on any atom is -0.450 e. The van der Waals surface area contributed by atoms with E-state index in [4.69, 9.17) is 9.29 Å². The normalized spacial score (nSPS) is 18.1. The first-order chi connectivity index (χ1) is 25.3. The van der Waals surface area contributed by atoms with E-state index in [1.54, 1.807) is 23.6 Å². The van der Waals surface area contributed by atoms with E-state index in [1.165, 1.54) is 11.8 Å². The van der Waals surface area contributed by atoms with E-state index in [-0.39, 0.29) is 30.4 Å². The molecule has 2 aromatic carbocycles. The summed E-state index contributed by atoms with van der Waals surface area (Å²) in [5.74, 6) is -0.622. The molecule has 3 aliphatic rings. The van der Waals surface area contributed by atoms with Gasteiger partial charge in [0.15, 0.2) is 0 Å². The molecule has 1 saturated heterocycles. The second-order valence-electron chi connectivity index (χ2n) is 12.6. The summed E-state index contributed by atoms with van der Waals surface area (Å²) in [5, 5.41) is 4.23. The van der Waals surface area contributed by atoms with Gasteiger partial charge in [-0.15, -0.1) is 0 Å². The highest BCUT2D eigenvalue weighted by atomic mass is 32.2. The van der Waals surface area contributed by atoms with Crippen molar-refractivity contribution in [1.29, 1.82) is 0 Å². The molecule has 0 atom stereocenters. The first kappa shape index (κ1) is 40.5. The van der Waals surface area contributed by atoms with E-state index in [0.29, 0.717) is 45.9 Å². The van der Waals surface area contributed by atoms with Gasteiger partial charge in [-0.3, -0.25) is 9.11 Å². The Kier molecular flexibility index (Phi) is 14.2. The van der Waals surface area contributed by atoms with Gasteiger partial charge in [0, 0.05) is 65.3 Å². The van der Waals surface area contributed by atoms with Crippen molar-refractivity contribution in [1.82, 2.24) is 9.80 Å². The Morgan fingerprint density at radius 2 is 1.66 bits per heavy atom. The number of para-hydroxylation sites is 2. The molecule has 1 amide bonds. The van der Waals surface area contributed by atoms with Crippen LogP contribution >= 0.6 is 23.5 Å². The molecular weight excluding hydrogens is 757 g/mol. The van der Waals surface area contributed by atoms with Gasteiger partial charge in [-0.25, -0.2) is 4.79 Å². The van der Waals surface area contributed by atoms with E-state index >= 15 is 0 Å². The molecule has 3 N–H and O–H groups in total. The summed E-state index contributed by atoms with van der Waals surface area (Å²) in [6, 6.07) is 15.7. The topological polar surface area (TPSA) is 157 Å². The lowest BCUT2D eigenvalue weighted by molar-refractivity contribution is 0.0873. The van der Waals surface area contributed by atoms with Crippen LogP contribution in [-0.4, -0.2) is 99.2 Å². The predicted molar refractivity (Wildman–Crippen MR) is 213 cm³/mol. The Bertz CT molecular complexity index is 2000. The van der Waals surface area contributed by atoms with Crippen LogP contribution < -0.4 is 10.2 Å². The number of fused-ring (bicyclic) bond motifs is 1. The number of rotatable bonds is 16. The summed E-state index contributed by atoms with van der Waals surface area (Å²) in [6.07, 6.45) is 10.2. The Balaban J connectivity index is 1.37. The van der Waals surface area contributed by atoms with E-state index in [0.717, 1.165) is 60.8 Å². The summed E-state index contributed by atoms with van der Waals surface area (Å²) in [7, 11) is -8.08. The van der Waals surface area contributed by atoms with Gasteiger partial charge in [0.1, 0.15) is 0 Å². The third kappa shape index (κ3) is 11.9. The number of anilines is 2. The summed E-state index contributed by atoms with van der Waals surface area (Å²) in [4.78, 5) is 21.5. The fourth-order valence-corrected chi connectivity index (χ4v) is 9.21. The Labute approximate surface area is 321 Å². The predicted octanol–water partition coefficient (Wildman–Crippen LogP) is 7.02. The van der Waals surface area contributed by atoms with Crippen molar-refractivity contribution in [2.75, 3.05) is 67.6 Å². The first-order valence-corrected chi connectivity index (χ1v) is 22.3. The average Bonchev–Trinajstić information content (AvgIpc) is 3.69. The molecule has 2 heterocycles. The number of amides is 1. The van der Waals surface area contributed by atoms with Gasteiger partial charge in [-0.2, -0.15) is 16.8 Å². The highest BCUT2D eigenvalue weighted by Crippen LogP contribution is 2.46. The van der Waals surface area contributed by atoms with Crippen LogP contribution in [0.2, 0.25) is 0 Å². The lowest BCUT2D eigenvalue weighted by Gasteiger charge is -2.37. The van der Waals surface area contributed by atoms with Gasteiger partial charge in [0.2, 0.25) is 0 Å². The molecular formula is C37H46N4O8S4. The van der Waals surface area contributed by atoms with Crippen molar-refractivity contribution in [2.45, 2.75) is 42.4 Å². The second-order valence-corrected chi connectivity index (χ2v) is 17.9. The molecule has 2 aliphatic heterocycles. The number of nitrogens with one attached hydrogen (secondary N) is 1. The molecule has 12 nitrogen and oxygen atoms in total. The maximum Gasteiger partial charge on any atom is 0.409 e. The number of thioether (sulfide) groups is 2. The van der Waals surface area contributed by atoms with Crippen LogP contribution in [-0.2, 0) is 25.0 Å². The number of benzene rings is 2. The van der Waals surface area contributed by atoms with Crippen molar-refractivity contribution in [3.63, 3.8) is 0 Å². The quantitative estimate of drug-likeness (QED) is 0.0690. The fraction of sp³-hybridized carbons (Fsp3) is 0.378. The van der Waals surface area contributed by atoms with E-state index in [9.17, 15) is 26.2 Å². The third-order valence-corrected chi connectivity index (χ3v) is 12.4. The van der Waals surface area contributed by atoms with Crippen LogP contribution in [0.1, 0.15) is 32.6 Å². The number of carbonyl (C=O) groups excluding carboxylic acids is 1. The van der Waals surface area contributed by atoms with Crippen molar-refractivity contribution < 1.29 is 35.5 Å². The molecule has 2 aromatic rings. The van der Waals surface area contributed by atoms with Gasteiger partial charge in [0.25, 0.3) is 20.2 Å². The van der Waals surface area contributed by atoms with E-state index in [2.05, 4.69) is 39.9 Å². The van der Waals surface area contributed by atoms with Crippen LogP contribution in [0.25, 0.3) is 0 Å². The van der Waals surface area contributed by atoms with Gasteiger partial charge in [-0.1, -0.05) is 66.5 Å². The van der Waals surface area contributed by atoms with Crippen LogP contribution in [0.4, 0.5) is 16.2 Å². The zero-order chi connectivity index (χ0) is 38.0. The minimum absolute atomic E-state index is 0.272. The number of hydrogen-bond donors (Lipinski definition) is 3. The minimum atomic E-state index is -4.07. The number of hydrogen-bond acceptors (Lipinski definition) is 11. The van der Waals surface area contributed by atoms with Crippen LogP contribution in [0.15, 0.2) is 116 Å². The Morgan fingerprint density at radius 3 is 2.40 bits per heavy atom. The molecule has 0 spiro atoms. The number of ether oxygens (including phenoxy) is 1. The lowest BCUT2D eigenvalue weighted by atomic mass is 10.1. The van der Waals surface area contributed by atoms with Gasteiger partial charge < -0.3 is 24.8 Å². The zero-order valence-electron chi connectivity index (χ0n) is 29.6. The van der Waals surface area contributed by atoms with Crippen LogP contribution in [0, 0.1) is 0 Å². The fourth-order valence-electron chi connectivity index (χ4n) is 6.30. The third-order valence-electron chi connectivity index (χ3n) is 8.73. The number of nitrogens with zero attached hydrogens (tertiary/aromatic N) is 3. The summed E-state index contributed by atoms with van der Waals surface area (Å²) in [5.41, 5.74) is 5.29. The molecule has 0 unspecified atom stereocenters. The molecule has 0 radical (unpaired) electrons. The molecule has 0 aromatic heterocycles. The van der Waals surface area contributed by atoms with Crippen molar-refractivity contribution in [3.8, 4) is 0 Å². The lowest BCUT2D eigenvalue weighted by Crippen LogP contribution is -2.48. The summed E-state index contributed by atoms with van der Waals surface area (Å²) >= 11 is 3.13. The van der Waals surface area contributed by atoms with E-state index < -0.39 is 20.2 Å².